The molecule has 1 aliphatic rings. The van der Waals surface area contributed by atoms with Crippen molar-refractivity contribution in [1.82, 2.24) is 0 Å². The zero-order valence-corrected chi connectivity index (χ0v) is 9.53. The van der Waals surface area contributed by atoms with Crippen molar-refractivity contribution in [3.8, 4) is 5.75 Å². The Kier molecular flexibility index (Phi) is 2.64. The molecule has 0 atom stereocenters. The number of hydroxylamine groups is 1. The van der Waals surface area contributed by atoms with Crippen molar-refractivity contribution in [2.75, 3.05) is 30.2 Å². The first kappa shape index (κ1) is 11.0. The molecule has 1 heterocycles. The smallest absolute Gasteiger partial charge is 0.285 e. The van der Waals surface area contributed by atoms with Crippen molar-refractivity contribution in [3.05, 3.63) is 18.2 Å². The maximum Gasteiger partial charge on any atom is 0.285 e. The van der Waals surface area contributed by atoms with E-state index in [1.807, 2.05) is 0 Å². The van der Waals surface area contributed by atoms with Crippen LogP contribution in [0.25, 0.3) is 0 Å². The Morgan fingerprint density at radius 3 is 2.94 bits per heavy atom. The van der Waals surface area contributed by atoms with Crippen LogP contribution in [0.15, 0.2) is 18.2 Å². The van der Waals surface area contributed by atoms with Crippen molar-refractivity contribution >= 4 is 21.5 Å². The third-order valence-electron chi connectivity index (χ3n) is 2.03. The predicted octanol–water partition coefficient (Wildman–Crippen LogP) is 0.359. The van der Waals surface area contributed by atoms with Gasteiger partial charge >= 0.3 is 0 Å². The Labute approximate surface area is 93.6 Å². The van der Waals surface area contributed by atoms with E-state index in [1.54, 1.807) is 18.2 Å². The van der Waals surface area contributed by atoms with Gasteiger partial charge in [-0.15, -0.1) is 4.28 Å². The second-order valence-electron chi connectivity index (χ2n) is 3.46. The maximum absolute atomic E-state index is 11.1. The number of anilines is 2. The summed E-state index contributed by atoms with van der Waals surface area (Å²) in [4.78, 5) is 0. The highest BCUT2D eigenvalue weighted by atomic mass is 32.2. The fourth-order valence-electron chi connectivity index (χ4n) is 1.45. The fraction of sp³-hybridized carbons (Fsp3) is 0.333. The Balaban J connectivity index is 2.35. The summed E-state index contributed by atoms with van der Waals surface area (Å²) in [5.41, 5.74) is 6.67. The molecule has 6 nitrogen and oxygen atoms in total. The highest BCUT2D eigenvalue weighted by molar-refractivity contribution is 7.86. The van der Waals surface area contributed by atoms with Gasteiger partial charge in [-0.25, -0.2) is 5.06 Å². The Bertz CT molecular complexity index is 500. The van der Waals surface area contributed by atoms with Crippen LogP contribution < -0.4 is 15.5 Å². The van der Waals surface area contributed by atoms with Gasteiger partial charge in [0.25, 0.3) is 10.1 Å². The molecule has 1 aromatic carbocycles. The van der Waals surface area contributed by atoms with Crippen molar-refractivity contribution in [3.63, 3.8) is 0 Å². The van der Waals surface area contributed by atoms with Gasteiger partial charge in [0.05, 0.1) is 12.8 Å². The lowest BCUT2D eigenvalue weighted by Crippen LogP contribution is -2.34. The van der Waals surface area contributed by atoms with E-state index < -0.39 is 10.1 Å². The fourth-order valence-corrected chi connectivity index (χ4v) is 1.93. The number of benzene rings is 1. The summed E-state index contributed by atoms with van der Waals surface area (Å²) >= 11 is 0. The molecule has 7 heteroatoms. The van der Waals surface area contributed by atoms with E-state index in [0.29, 0.717) is 30.3 Å². The number of hydrogen-bond acceptors (Lipinski definition) is 6. The van der Waals surface area contributed by atoms with Gasteiger partial charge in [0.2, 0.25) is 0 Å². The monoisotopic (exact) mass is 244 g/mol. The molecule has 16 heavy (non-hydrogen) atoms. The average molecular weight is 244 g/mol. The Hall–Kier alpha value is -1.47. The number of ether oxygens (including phenoxy) is 1. The number of nitrogen functional groups attached to an aromatic ring is 1. The highest BCUT2D eigenvalue weighted by Crippen LogP contribution is 2.33. The molecule has 0 amide bonds. The summed E-state index contributed by atoms with van der Waals surface area (Å²) in [5.74, 6) is 0.559. The zero-order valence-electron chi connectivity index (χ0n) is 8.71. The number of nitrogens with zero attached hydrogens (tertiary/aromatic N) is 1. The minimum absolute atomic E-state index is 0.337. The molecule has 0 spiro atoms. The van der Waals surface area contributed by atoms with Crippen LogP contribution in [0, 0.1) is 0 Å². The van der Waals surface area contributed by atoms with Gasteiger partial charge < -0.3 is 10.5 Å². The van der Waals surface area contributed by atoms with Gasteiger partial charge in [-0.1, -0.05) is 0 Å². The molecule has 0 bridgehead atoms. The summed E-state index contributed by atoms with van der Waals surface area (Å²) < 4.78 is 32.3. The standard InChI is InChI=1S/C9H12N2O4S/c1-16(12,13)15-11-4-5-14-9-3-2-7(10)6-8(9)11/h2-3,6H,4-5,10H2,1H3. The normalized spacial score (nSPS) is 15.4. The average Bonchev–Trinajstić information content (AvgIpc) is 2.17. The van der Waals surface area contributed by atoms with Gasteiger partial charge in [0, 0.05) is 5.69 Å². The van der Waals surface area contributed by atoms with Crippen LogP contribution in [0.2, 0.25) is 0 Å². The van der Waals surface area contributed by atoms with E-state index >= 15 is 0 Å². The number of rotatable bonds is 2. The topological polar surface area (TPSA) is 81.9 Å². The Morgan fingerprint density at radius 2 is 2.25 bits per heavy atom. The van der Waals surface area contributed by atoms with Crippen LogP contribution >= 0.6 is 0 Å². The van der Waals surface area contributed by atoms with Gasteiger partial charge in [-0.3, -0.25) is 0 Å². The molecule has 88 valence electrons. The van der Waals surface area contributed by atoms with Crippen LogP contribution in [-0.2, 0) is 14.4 Å². The summed E-state index contributed by atoms with van der Waals surface area (Å²) in [7, 11) is -3.55. The zero-order chi connectivity index (χ0) is 11.8. The Morgan fingerprint density at radius 1 is 1.50 bits per heavy atom. The summed E-state index contributed by atoms with van der Waals surface area (Å²) in [6.45, 7) is 0.704. The van der Waals surface area contributed by atoms with Gasteiger partial charge in [-0.05, 0) is 18.2 Å². The van der Waals surface area contributed by atoms with E-state index in [0.717, 1.165) is 6.26 Å². The molecular formula is C9H12N2O4S. The molecule has 0 fully saturated rings. The van der Waals surface area contributed by atoms with Crippen LogP contribution in [0.3, 0.4) is 0 Å². The lowest BCUT2D eigenvalue weighted by Gasteiger charge is -2.28. The molecule has 2 rings (SSSR count). The summed E-state index contributed by atoms with van der Waals surface area (Å²) in [5, 5.41) is 1.27. The molecule has 0 saturated heterocycles. The van der Waals surface area contributed by atoms with Crippen molar-refractivity contribution < 1.29 is 17.4 Å². The first-order chi connectivity index (χ1) is 7.46. The minimum Gasteiger partial charge on any atom is -0.489 e. The lowest BCUT2D eigenvalue weighted by atomic mass is 10.2. The first-order valence-electron chi connectivity index (χ1n) is 4.65. The summed E-state index contributed by atoms with van der Waals surface area (Å²) in [6.07, 6.45) is 0.994. The van der Waals surface area contributed by atoms with Crippen LogP contribution in [0.4, 0.5) is 11.4 Å². The van der Waals surface area contributed by atoms with Crippen LogP contribution in [0.5, 0.6) is 5.75 Å². The van der Waals surface area contributed by atoms with Crippen LogP contribution in [-0.4, -0.2) is 27.8 Å². The van der Waals surface area contributed by atoms with E-state index in [2.05, 4.69) is 0 Å². The number of hydrogen-bond donors (Lipinski definition) is 1. The molecule has 2 N–H and O–H groups in total. The SMILES string of the molecule is CS(=O)(=O)ON1CCOc2ccc(N)cc21. The number of nitrogens with two attached hydrogens (primary N) is 1. The lowest BCUT2D eigenvalue weighted by molar-refractivity contribution is 0.218. The van der Waals surface area contributed by atoms with E-state index in [-0.39, 0.29) is 0 Å². The third kappa shape index (κ3) is 2.37. The van der Waals surface area contributed by atoms with E-state index in [4.69, 9.17) is 14.8 Å². The second-order valence-corrected chi connectivity index (χ2v) is 5.01. The van der Waals surface area contributed by atoms with Crippen molar-refractivity contribution in [1.29, 1.82) is 0 Å². The van der Waals surface area contributed by atoms with Gasteiger partial charge in [0.1, 0.15) is 18.0 Å². The second kappa shape index (κ2) is 3.84. The minimum atomic E-state index is -3.55. The van der Waals surface area contributed by atoms with Crippen molar-refractivity contribution in [2.24, 2.45) is 0 Å². The molecule has 0 aliphatic carbocycles. The molecular weight excluding hydrogens is 232 g/mol. The van der Waals surface area contributed by atoms with E-state index in [1.165, 1.54) is 5.06 Å². The molecule has 0 radical (unpaired) electrons. The molecule has 0 saturated carbocycles. The molecule has 1 aliphatic heterocycles. The van der Waals surface area contributed by atoms with E-state index in [9.17, 15) is 8.42 Å². The van der Waals surface area contributed by atoms with Gasteiger partial charge in [-0.2, -0.15) is 8.42 Å². The van der Waals surface area contributed by atoms with Crippen LogP contribution in [0.1, 0.15) is 0 Å². The first-order valence-corrected chi connectivity index (χ1v) is 6.47. The van der Waals surface area contributed by atoms with Crippen molar-refractivity contribution in [2.45, 2.75) is 0 Å². The maximum atomic E-state index is 11.1. The molecule has 1 aromatic rings. The third-order valence-corrected chi connectivity index (χ3v) is 2.48. The predicted molar refractivity (Wildman–Crippen MR) is 59.6 cm³/mol. The largest absolute Gasteiger partial charge is 0.489 e. The molecule has 0 unspecified atom stereocenters. The highest BCUT2D eigenvalue weighted by Gasteiger charge is 2.22. The molecule has 0 aromatic heterocycles. The quantitative estimate of drug-likeness (QED) is 0.756. The summed E-state index contributed by atoms with van der Waals surface area (Å²) in [6, 6.07) is 4.98. The van der Waals surface area contributed by atoms with Gasteiger partial charge in [0.15, 0.2) is 0 Å². The number of fused-ring (bicyclic) bond motifs is 1.